The molecule has 1 N–H and O–H groups in total. The minimum absolute atomic E-state index is 0.0462. The highest BCUT2D eigenvalue weighted by Gasteiger charge is 2.30. The lowest BCUT2D eigenvalue weighted by Crippen LogP contribution is -2.56. The van der Waals surface area contributed by atoms with Crippen molar-refractivity contribution in [3.63, 3.8) is 0 Å². The van der Waals surface area contributed by atoms with Crippen LogP contribution in [0.3, 0.4) is 0 Å². The van der Waals surface area contributed by atoms with Crippen molar-refractivity contribution in [2.24, 2.45) is 5.92 Å². The molecule has 5 nitrogen and oxygen atoms in total. The normalized spacial score (nSPS) is 25.4. The van der Waals surface area contributed by atoms with Crippen LogP contribution in [0.25, 0.3) is 0 Å². The van der Waals surface area contributed by atoms with Crippen molar-refractivity contribution in [1.82, 2.24) is 20.0 Å². The zero-order chi connectivity index (χ0) is 17.5. The van der Waals surface area contributed by atoms with E-state index in [4.69, 9.17) is 6.42 Å². The van der Waals surface area contributed by atoms with Gasteiger partial charge in [0.15, 0.2) is 0 Å². The number of carbonyl (C=O) groups excluding carboxylic acids is 1. The number of rotatable bonds is 6. The van der Waals surface area contributed by atoms with Crippen LogP contribution in [0.5, 0.6) is 0 Å². The van der Waals surface area contributed by atoms with Gasteiger partial charge in [-0.25, -0.2) is 0 Å². The highest BCUT2D eigenvalue weighted by molar-refractivity contribution is 5.81. The number of hydrogen-bond acceptors (Lipinski definition) is 4. The molecule has 0 aromatic heterocycles. The zero-order valence-electron chi connectivity index (χ0n) is 15.6. The van der Waals surface area contributed by atoms with Gasteiger partial charge >= 0.3 is 0 Å². The fourth-order valence-electron chi connectivity index (χ4n) is 3.86. The molecule has 0 spiro atoms. The van der Waals surface area contributed by atoms with Gasteiger partial charge in [0.1, 0.15) is 0 Å². The van der Waals surface area contributed by atoms with Crippen molar-refractivity contribution in [3.8, 4) is 12.3 Å². The third-order valence-corrected chi connectivity index (χ3v) is 5.47. The molecule has 0 radical (unpaired) electrons. The fourth-order valence-corrected chi connectivity index (χ4v) is 3.86. The number of piperazine rings is 1. The molecule has 2 fully saturated rings. The largest absolute Gasteiger partial charge is 0.353 e. The number of amides is 1. The van der Waals surface area contributed by atoms with Crippen molar-refractivity contribution in [3.05, 3.63) is 0 Å². The van der Waals surface area contributed by atoms with Crippen molar-refractivity contribution in [2.45, 2.75) is 45.2 Å². The zero-order valence-corrected chi connectivity index (χ0v) is 15.6. The first-order valence-electron chi connectivity index (χ1n) is 9.40. The molecular formula is C19H34N4O. The van der Waals surface area contributed by atoms with E-state index in [2.05, 4.69) is 46.8 Å². The molecule has 24 heavy (non-hydrogen) atoms. The van der Waals surface area contributed by atoms with Crippen molar-refractivity contribution >= 4 is 5.91 Å². The highest BCUT2D eigenvalue weighted by atomic mass is 16.2. The molecule has 136 valence electrons. The Balaban J connectivity index is 1.88. The van der Waals surface area contributed by atoms with Gasteiger partial charge in [-0.3, -0.25) is 14.6 Å². The molecule has 2 saturated heterocycles. The maximum Gasteiger partial charge on any atom is 0.237 e. The van der Waals surface area contributed by atoms with Gasteiger partial charge in [-0.2, -0.15) is 0 Å². The monoisotopic (exact) mass is 334 g/mol. The Bertz CT molecular complexity index is 437. The first-order chi connectivity index (χ1) is 11.5. The first-order valence-corrected chi connectivity index (χ1v) is 9.40. The summed E-state index contributed by atoms with van der Waals surface area (Å²) in [6, 6.07) is 0.363. The first kappa shape index (κ1) is 19.2. The molecule has 2 aliphatic heterocycles. The van der Waals surface area contributed by atoms with E-state index >= 15 is 0 Å². The number of nitrogens with one attached hydrogen (secondary N) is 1. The Morgan fingerprint density at radius 2 is 1.92 bits per heavy atom. The third kappa shape index (κ3) is 5.20. The summed E-state index contributed by atoms with van der Waals surface area (Å²) < 4.78 is 0. The SMILES string of the molecule is C#CCN1CCCC[C@@H]1C(=O)NC[C@H](C(C)C)N1CCN(C)CC1. The molecule has 0 saturated carbocycles. The maximum absolute atomic E-state index is 12.7. The van der Waals surface area contributed by atoms with E-state index in [0.717, 1.165) is 58.5 Å². The molecule has 2 atom stereocenters. The van der Waals surface area contributed by atoms with Crippen LogP contribution in [0, 0.1) is 18.3 Å². The Hall–Kier alpha value is -1.09. The molecule has 0 aromatic rings. The van der Waals surface area contributed by atoms with E-state index in [0.29, 0.717) is 18.5 Å². The number of piperidine rings is 1. The number of hydrogen-bond donors (Lipinski definition) is 1. The van der Waals surface area contributed by atoms with Gasteiger partial charge in [0.05, 0.1) is 12.6 Å². The number of carbonyl (C=O) groups is 1. The predicted octanol–water partition coefficient (Wildman–Crippen LogP) is 0.862. The predicted molar refractivity (Wildman–Crippen MR) is 98.8 cm³/mol. The lowest BCUT2D eigenvalue weighted by atomic mass is 9.99. The van der Waals surface area contributed by atoms with E-state index in [1.54, 1.807) is 0 Å². The van der Waals surface area contributed by atoms with E-state index < -0.39 is 0 Å². The molecule has 0 unspecified atom stereocenters. The van der Waals surface area contributed by atoms with Crippen LogP contribution in [0.2, 0.25) is 0 Å². The second-order valence-electron chi connectivity index (χ2n) is 7.58. The minimum atomic E-state index is -0.0462. The van der Waals surface area contributed by atoms with Gasteiger partial charge < -0.3 is 10.2 Å². The molecular weight excluding hydrogens is 300 g/mol. The maximum atomic E-state index is 12.7. The van der Waals surface area contributed by atoms with Crippen LogP contribution in [-0.4, -0.2) is 85.6 Å². The van der Waals surface area contributed by atoms with Gasteiger partial charge in [-0.1, -0.05) is 26.2 Å². The van der Waals surface area contributed by atoms with Gasteiger partial charge in [0.2, 0.25) is 5.91 Å². The molecule has 0 aromatic carbocycles. The number of likely N-dealkylation sites (tertiary alicyclic amines) is 1. The van der Waals surface area contributed by atoms with Crippen molar-refractivity contribution < 1.29 is 4.79 Å². The quantitative estimate of drug-likeness (QED) is 0.732. The smallest absolute Gasteiger partial charge is 0.237 e. The van der Waals surface area contributed by atoms with Crippen LogP contribution in [0.4, 0.5) is 0 Å². The number of terminal acetylenes is 1. The van der Waals surface area contributed by atoms with Crippen LogP contribution < -0.4 is 5.32 Å². The topological polar surface area (TPSA) is 38.8 Å². The molecule has 2 heterocycles. The fraction of sp³-hybridized carbons (Fsp3) is 0.842. The molecule has 0 bridgehead atoms. The lowest BCUT2D eigenvalue weighted by molar-refractivity contribution is -0.127. The number of likely N-dealkylation sites (N-methyl/N-ethyl adjacent to an activating group) is 1. The Morgan fingerprint density at radius 1 is 1.21 bits per heavy atom. The molecule has 1 amide bonds. The summed E-state index contributed by atoms with van der Waals surface area (Å²) >= 11 is 0. The molecule has 0 aliphatic carbocycles. The van der Waals surface area contributed by atoms with E-state index in [-0.39, 0.29) is 11.9 Å². The summed E-state index contributed by atoms with van der Waals surface area (Å²) in [5.41, 5.74) is 0. The van der Waals surface area contributed by atoms with Crippen LogP contribution in [0.15, 0.2) is 0 Å². The van der Waals surface area contributed by atoms with E-state index in [1.807, 2.05) is 0 Å². The van der Waals surface area contributed by atoms with Gasteiger partial charge in [0.25, 0.3) is 0 Å². The standard InChI is InChI=1S/C19H34N4O/c1-5-9-22-10-7-6-8-17(22)19(24)20-15-18(16(2)3)23-13-11-21(4)12-14-23/h1,16-18H,6-15H2,2-4H3,(H,20,24)/t17-,18-/m1/s1. The number of nitrogens with zero attached hydrogens (tertiary/aromatic N) is 3. The average Bonchev–Trinajstić information content (AvgIpc) is 2.57. The summed E-state index contributed by atoms with van der Waals surface area (Å²) in [7, 11) is 2.17. The average molecular weight is 335 g/mol. The third-order valence-electron chi connectivity index (χ3n) is 5.47. The molecule has 5 heteroatoms. The minimum Gasteiger partial charge on any atom is -0.353 e. The Labute approximate surface area is 147 Å². The lowest BCUT2D eigenvalue weighted by Gasteiger charge is -2.40. The highest BCUT2D eigenvalue weighted by Crippen LogP contribution is 2.17. The summed E-state index contributed by atoms with van der Waals surface area (Å²) in [4.78, 5) is 19.7. The van der Waals surface area contributed by atoms with Gasteiger partial charge in [-0.15, -0.1) is 6.42 Å². The molecule has 2 rings (SSSR count). The Morgan fingerprint density at radius 3 is 2.54 bits per heavy atom. The summed E-state index contributed by atoms with van der Waals surface area (Å²) in [6.45, 7) is 11.1. The van der Waals surface area contributed by atoms with Crippen LogP contribution in [0.1, 0.15) is 33.1 Å². The second-order valence-corrected chi connectivity index (χ2v) is 7.58. The van der Waals surface area contributed by atoms with Crippen molar-refractivity contribution in [2.75, 3.05) is 52.9 Å². The van der Waals surface area contributed by atoms with Gasteiger partial charge in [-0.05, 0) is 32.4 Å². The van der Waals surface area contributed by atoms with Crippen LogP contribution >= 0.6 is 0 Å². The Kier molecular flexibility index (Phi) is 7.54. The summed E-state index contributed by atoms with van der Waals surface area (Å²) in [5.74, 6) is 3.38. The summed E-state index contributed by atoms with van der Waals surface area (Å²) in [5, 5.41) is 3.23. The molecule has 2 aliphatic rings. The summed E-state index contributed by atoms with van der Waals surface area (Å²) in [6.07, 6.45) is 8.64. The van der Waals surface area contributed by atoms with Gasteiger partial charge in [0, 0.05) is 38.8 Å². The van der Waals surface area contributed by atoms with Crippen molar-refractivity contribution in [1.29, 1.82) is 0 Å². The van der Waals surface area contributed by atoms with E-state index in [1.165, 1.54) is 0 Å². The second kappa shape index (κ2) is 9.41. The van der Waals surface area contributed by atoms with E-state index in [9.17, 15) is 4.79 Å². The van der Waals surface area contributed by atoms with Crippen LogP contribution in [-0.2, 0) is 4.79 Å².